The molecule has 2 fully saturated rings. The number of aryl methyl sites for hydroxylation is 1. The predicted molar refractivity (Wildman–Crippen MR) is 120 cm³/mol. The van der Waals surface area contributed by atoms with Gasteiger partial charge in [-0.2, -0.15) is 10.5 Å². The van der Waals surface area contributed by atoms with Crippen LogP contribution in [0.5, 0.6) is 0 Å². The lowest BCUT2D eigenvalue weighted by atomic mass is 9.56. The molecule has 3 rings (SSSR count). The SMILES string of the molecule is CCCCc1ccc(C2([C@H]3CC[C@H](CCC)CC3)CCCCC2)c(C#N)c1C#N. The maximum absolute atomic E-state index is 10.1. The molecule has 0 aliphatic heterocycles. The normalized spacial score (nSPS) is 23.9. The van der Waals surface area contributed by atoms with Gasteiger partial charge in [0.1, 0.15) is 12.1 Å². The first-order valence-corrected chi connectivity index (χ1v) is 12.2. The number of nitrogens with zero attached hydrogens (tertiary/aromatic N) is 2. The maximum Gasteiger partial charge on any atom is 0.101 e. The molecule has 2 aliphatic carbocycles. The Balaban J connectivity index is 1.99. The molecule has 2 heteroatoms. The Hall–Kier alpha value is -1.80. The molecule has 0 radical (unpaired) electrons. The van der Waals surface area contributed by atoms with Crippen LogP contribution in [-0.2, 0) is 11.8 Å². The van der Waals surface area contributed by atoms with Gasteiger partial charge in [0, 0.05) is 0 Å². The van der Waals surface area contributed by atoms with Crippen molar-refractivity contribution in [3.05, 3.63) is 34.4 Å². The largest absolute Gasteiger partial charge is 0.192 e. The van der Waals surface area contributed by atoms with Gasteiger partial charge < -0.3 is 0 Å². The van der Waals surface area contributed by atoms with Gasteiger partial charge in [0.2, 0.25) is 0 Å². The first kappa shape index (κ1) is 21.9. The predicted octanol–water partition coefficient (Wildman–Crippen LogP) is 7.58. The fraction of sp³-hybridized carbons (Fsp3) is 0.704. The Kier molecular flexibility index (Phi) is 7.77. The maximum atomic E-state index is 10.1. The smallest absolute Gasteiger partial charge is 0.101 e. The van der Waals surface area contributed by atoms with Crippen LogP contribution in [0.1, 0.15) is 120 Å². The van der Waals surface area contributed by atoms with E-state index in [4.69, 9.17) is 0 Å². The second-order valence-corrected chi connectivity index (χ2v) is 9.57. The van der Waals surface area contributed by atoms with Crippen LogP contribution in [0.25, 0.3) is 0 Å². The molecular formula is C27H38N2. The standard InChI is InChI=1S/C27H38N2/c1-3-5-10-22-13-16-26(25(20-29)24(22)19-28)27(17-7-6-8-18-27)23-14-11-21(9-4-2)12-15-23/h13,16,21,23H,3-12,14-15,17-18H2,1-2H3/t21-,23-. The number of rotatable bonds is 7. The molecule has 0 bridgehead atoms. The van der Waals surface area contributed by atoms with Crippen molar-refractivity contribution in [3.8, 4) is 12.1 Å². The zero-order valence-corrected chi connectivity index (χ0v) is 18.6. The highest BCUT2D eigenvalue weighted by molar-refractivity contribution is 5.57. The molecule has 0 aromatic heterocycles. The first-order valence-electron chi connectivity index (χ1n) is 12.2. The fourth-order valence-electron chi connectivity index (χ4n) is 6.37. The molecule has 0 atom stereocenters. The number of hydrogen-bond acceptors (Lipinski definition) is 2. The monoisotopic (exact) mass is 390 g/mol. The number of benzene rings is 1. The van der Waals surface area contributed by atoms with Crippen LogP contribution in [0.2, 0.25) is 0 Å². The van der Waals surface area contributed by atoms with Crippen LogP contribution in [0, 0.1) is 34.5 Å². The van der Waals surface area contributed by atoms with Gasteiger partial charge in [-0.25, -0.2) is 0 Å². The van der Waals surface area contributed by atoms with Gasteiger partial charge in [-0.3, -0.25) is 0 Å². The van der Waals surface area contributed by atoms with Crippen molar-refractivity contribution in [1.82, 2.24) is 0 Å². The van der Waals surface area contributed by atoms with Crippen molar-refractivity contribution in [3.63, 3.8) is 0 Å². The second kappa shape index (κ2) is 10.3. The van der Waals surface area contributed by atoms with Gasteiger partial charge in [-0.1, -0.05) is 77.3 Å². The summed E-state index contributed by atoms with van der Waals surface area (Å²) >= 11 is 0. The zero-order chi connectivity index (χ0) is 20.7. The topological polar surface area (TPSA) is 47.6 Å². The molecule has 0 saturated heterocycles. The van der Waals surface area contributed by atoms with E-state index in [0.717, 1.165) is 30.7 Å². The summed E-state index contributed by atoms with van der Waals surface area (Å²) in [5.74, 6) is 1.58. The van der Waals surface area contributed by atoms with Crippen LogP contribution in [-0.4, -0.2) is 0 Å². The van der Waals surface area contributed by atoms with Crippen molar-refractivity contribution < 1.29 is 0 Å². The van der Waals surface area contributed by atoms with Gasteiger partial charge in [0.25, 0.3) is 0 Å². The number of unbranched alkanes of at least 4 members (excludes halogenated alkanes) is 1. The Morgan fingerprint density at radius 1 is 0.897 bits per heavy atom. The third-order valence-corrected chi connectivity index (χ3v) is 7.92. The van der Waals surface area contributed by atoms with Gasteiger partial charge in [0.15, 0.2) is 0 Å². The average Bonchev–Trinajstić information content (AvgIpc) is 2.78. The number of hydrogen-bond donors (Lipinski definition) is 0. The van der Waals surface area contributed by atoms with E-state index >= 15 is 0 Å². The first-order chi connectivity index (χ1) is 14.2. The van der Waals surface area contributed by atoms with Crippen LogP contribution in [0.15, 0.2) is 12.1 Å². The van der Waals surface area contributed by atoms with Crippen LogP contribution in [0.3, 0.4) is 0 Å². The van der Waals surface area contributed by atoms with Crippen LogP contribution in [0.4, 0.5) is 0 Å². The van der Waals surface area contributed by atoms with Crippen molar-refractivity contribution in [1.29, 1.82) is 10.5 Å². The van der Waals surface area contributed by atoms with E-state index in [0.29, 0.717) is 17.0 Å². The van der Waals surface area contributed by atoms with Crippen molar-refractivity contribution in [2.75, 3.05) is 0 Å². The summed E-state index contributed by atoms with van der Waals surface area (Å²) in [6.45, 7) is 4.48. The van der Waals surface area contributed by atoms with E-state index in [9.17, 15) is 10.5 Å². The van der Waals surface area contributed by atoms with Gasteiger partial charge in [-0.05, 0) is 66.9 Å². The highest BCUT2D eigenvalue weighted by Gasteiger charge is 2.44. The Morgan fingerprint density at radius 2 is 1.59 bits per heavy atom. The van der Waals surface area contributed by atoms with E-state index in [-0.39, 0.29) is 5.41 Å². The Bertz CT molecular complexity index is 750. The molecule has 0 unspecified atom stereocenters. The molecule has 0 amide bonds. The summed E-state index contributed by atoms with van der Waals surface area (Å²) in [4.78, 5) is 0. The molecule has 0 heterocycles. The van der Waals surface area contributed by atoms with E-state index in [1.54, 1.807) is 0 Å². The lowest BCUT2D eigenvalue weighted by Gasteiger charge is -2.47. The fourth-order valence-corrected chi connectivity index (χ4v) is 6.37. The molecule has 0 spiro atoms. The lowest BCUT2D eigenvalue weighted by molar-refractivity contribution is 0.124. The van der Waals surface area contributed by atoms with Crippen molar-refractivity contribution >= 4 is 0 Å². The second-order valence-electron chi connectivity index (χ2n) is 9.57. The third-order valence-electron chi connectivity index (χ3n) is 7.92. The molecular weight excluding hydrogens is 352 g/mol. The highest BCUT2D eigenvalue weighted by atomic mass is 14.5. The molecule has 2 aliphatic rings. The highest BCUT2D eigenvalue weighted by Crippen LogP contribution is 2.52. The molecule has 2 nitrogen and oxygen atoms in total. The summed E-state index contributed by atoms with van der Waals surface area (Å²) < 4.78 is 0. The van der Waals surface area contributed by atoms with Gasteiger partial charge in [0.05, 0.1) is 11.1 Å². The third kappa shape index (κ3) is 4.53. The molecule has 0 N–H and O–H groups in total. The summed E-state index contributed by atoms with van der Waals surface area (Å²) in [5.41, 5.74) is 3.79. The lowest BCUT2D eigenvalue weighted by Crippen LogP contribution is -2.40. The summed E-state index contributed by atoms with van der Waals surface area (Å²) in [6.07, 6.45) is 17.3. The Morgan fingerprint density at radius 3 is 2.17 bits per heavy atom. The summed E-state index contributed by atoms with van der Waals surface area (Å²) in [6, 6.07) is 9.37. The van der Waals surface area contributed by atoms with Crippen LogP contribution >= 0.6 is 0 Å². The molecule has 156 valence electrons. The van der Waals surface area contributed by atoms with Gasteiger partial charge in [-0.15, -0.1) is 0 Å². The summed E-state index contributed by atoms with van der Waals surface area (Å²) in [5, 5.41) is 20.1. The molecule has 2 saturated carbocycles. The Labute approximate surface area is 178 Å². The minimum atomic E-state index is 0.120. The molecule has 1 aromatic rings. The summed E-state index contributed by atoms with van der Waals surface area (Å²) in [7, 11) is 0. The zero-order valence-electron chi connectivity index (χ0n) is 18.6. The number of nitriles is 2. The quantitative estimate of drug-likeness (QED) is 0.481. The van der Waals surface area contributed by atoms with E-state index in [1.807, 2.05) is 0 Å². The van der Waals surface area contributed by atoms with Crippen molar-refractivity contribution in [2.45, 2.75) is 109 Å². The van der Waals surface area contributed by atoms with E-state index < -0.39 is 0 Å². The molecule has 1 aromatic carbocycles. The minimum absolute atomic E-state index is 0.120. The van der Waals surface area contributed by atoms with E-state index in [2.05, 4.69) is 38.1 Å². The van der Waals surface area contributed by atoms with E-state index in [1.165, 1.54) is 76.2 Å². The molecule has 29 heavy (non-hydrogen) atoms. The van der Waals surface area contributed by atoms with Crippen LogP contribution < -0.4 is 0 Å². The van der Waals surface area contributed by atoms with Gasteiger partial charge >= 0.3 is 0 Å². The van der Waals surface area contributed by atoms with Crippen molar-refractivity contribution in [2.24, 2.45) is 11.8 Å². The average molecular weight is 391 g/mol. The minimum Gasteiger partial charge on any atom is -0.192 e.